The van der Waals surface area contributed by atoms with Gasteiger partial charge in [0.25, 0.3) is 0 Å². The molecule has 0 aromatic heterocycles. The van der Waals surface area contributed by atoms with Gasteiger partial charge in [-0.25, -0.2) is 0 Å². The van der Waals surface area contributed by atoms with E-state index in [2.05, 4.69) is 29.6 Å². The number of hydrogen-bond acceptors (Lipinski definition) is 3. The van der Waals surface area contributed by atoms with Crippen molar-refractivity contribution in [3.63, 3.8) is 0 Å². The number of aromatic hydroxyl groups is 1. The Bertz CT molecular complexity index is 556. The Kier molecular flexibility index (Phi) is 3.26. The van der Waals surface area contributed by atoms with Gasteiger partial charge in [0.2, 0.25) is 0 Å². The van der Waals surface area contributed by atoms with Crippen LogP contribution in [0.5, 0.6) is 5.75 Å². The third kappa shape index (κ3) is 2.24. The lowest BCUT2D eigenvalue weighted by molar-refractivity contribution is 0.461. The van der Waals surface area contributed by atoms with E-state index in [-0.39, 0.29) is 0 Å². The zero-order valence-corrected chi connectivity index (χ0v) is 10.8. The summed E-state index contributed by atoms with van der Waals surface area (Å²) in [6.07, 6.45) is 0. The zero-order chi connectivity index (χ0) is 12.4. The van der Waals surface area contributed by atoms with Gasteiger partial charge in [-0.1, -0.05) is 36.4 Å². The molecule has 1 atom stereocenters. The second kappa shape index (κ2) is 5.04. The molecular weight excluding hydrogens is 242 g/mol. The van der Waals surface area contributed by atoms with Gasteiger partial charge in [0.15, 0.2) is 0 Å². The normalized spacial score (nSPS) is 17.7. The van der Waals surface area contributed by atoms with Gasteiger partial charge in [0.1, 0.15) is 5.75 Å². The SMILES string of the molecule is Oc1ccccc1CNC1CSc2ccccc21. The Balaban J connectivity index is 1.71. The smallest absolute Gasteiger partial charge is 0.120 e. The summed E-state index contributed by atoms with van der Waals surface area (Å²) in [5, 5.41) is 13.2. The minimum Gasteiger partial charge on any atom is -0.508 e. The van der Waals surface area contributed by atoms with Crippen molar-refractivity contribution >= 4 is 11.8 Å². The highest BCUT2D eigenvalue weighted by atomic mass is 32.2. The summed E-state index contributed by atoms with van der Waals surface area (Å²) in [5.74, 6) is 1.43. The van der Waals surface area contributed by atoms with E-state index in [9.17, 15) is 5.11 Å². The van der Waals surface area contributed by atoms with Gasteiger partial charge in [0, 0.05) is 28.8 Å². The Labute approximate surface area is 111 Å². The summed E-state index contributed by atoms with van der Waals surface area (Å²) >= 11 is 1.89. The second-order valence-corrected chi connectivity index (χ2v) is 5.47. The molecule has 0 bridgehead atoms. The van der Waals surface area contributed by atoms with Gasteiger partial charge in [-0.05, 0) is 17.7 Å². The first-order chi connectivity index (χ1) is 8.84. The van der Waals surface area contributed by atoms with E-state index in [4.69, 9.17) is 0 Å². The van der Waals surface area contributed by atoms with Crippen molar-refractivity contribution in [2.75, 3.05) is 5.75 Å². The van der Waals surface area contributed by atoms with Crippen molar-refractivity contribution in [1.29, 1.82) is 0 Å². The van der Waals surface area contributed by atoms with Gasteiger partial charge in [-0.3, -0.25) is 0 Å². The van der Waals surface area contributed by atoms with E-state index >= 15 is 0 Å². The first kappa shape index (κ1) is 11.6. The average Bonchev–Trinajstić information content (AvgIpc) is 2.81. The maximum Gasteiger partial charge on any atom is 0.120 e. The van der Waals surface area contributed by atoms with Gasteiger partial charge < -0.3 is 10.4 Å². The van der Waals surface area contributed by atoms with Crippen molar-refractivity contribution in [2.45, 2.75) is 17.5 Å². The van der Waals surface area contributed by atoms with Crippen LogP contribution in [0.25, 0.3) is 0 Å². The van der Waals surface area contributed by atoms with Crippen molar-refractivity contribution in [2.24, 2.45) is 0 Å². The molecule has 2 nitrogen and oxygen atoms in total. The molecule has 2 N–H and O–H groups in total. The van der Waals surface area contributed by atoms with Crippen LogP contribution < -0.4 is 5.32 Å². The molecule has 3 heteroatoms. The van der Waals surface area contributed by atoms with Crippen LogP contribution in [0.3, 0.4) is 0 Å². The topological polar surface area (TPSA) is 32.3 Å². The maximum atomic E-state index is 9.73. The Morgan fingerprint density at radius 2 is 1.89 bits per heavy atom. The number of hydrogen-bond donors (Lipinski definition) is 2. The molecule has 2 aromatic carbocycles. The molecule has 1 heterocycles. The quantitative estimate of drug-likeness (QED) is 0.884. The number of para-hydroxylation sites is 1. The van der Waals surface area contributed by atoms with Crippen LogP contribution in [0.4, 0.5) is 0 Å². The van der Waals surface area contributed by atoms with Gasteiger partial charge in [0.05, 0.1) is 0 Å². The molecule has 92 valence electrons. The highest BCUT2D eigenvalue weighted by Gasteiger charge is 2.21. The lowest BCUT2D eigenvalue weighted by Crippen LogP contribution is -2.20. The molecular formula is C15H15NOS. The van der Waals surface area contributed by atoms with Crippen molar-refractivity contribution in [3.05, 3.63) is 59.7 Å². The Morgan fingerprint density at radius 1 is 1.11 bits per heavy atom. The van der Waals surface area contributed by atoms with Crippen LogP contribution in [0.2, 0.25) is 0 Å². The van der Waals surface area contributed by atoms with Gasteiger partial charge in [-0.15, -0.1) is 11.8 Å². The van der Waals surface area contributed by atoms with Gasteiger partial charge in [-0.2, -0.15) is 0 Å². The van der Waals surface area contributed by atoms with Crippen LogP contribution >= 0.6 is 11.8 Å². The Hall–Kier alpha value is -1.45. The number of rotatable bonds is 3. The predicted octanol–water partition coefficient (Wildman–Crippen LogP) is 3.33. The van der Waals surface area contributed by atoms with Crippen LogP contribution in [0.1, 0.15) is 17.2 Å². The highest BCUT2D eigenvalue weighted by molar-refractivity contribution is 7.99. The molecule has 0 aliphatic carbocycles. The fourth-order valence-corrected chi connectivity index (χ4v) is 3.42. The first-order valence-corrected chi connectivity index (χ1v) is 7.05. The van der Waals surface area contributed by atoms with Gasteiger partial charge >= 0.3 is 0 Å². The van der Waals surface area contributed by atoms with E-state index in [0.717, 1.165) is 11.3 Å². The molecule has 0 amide bonds. The molecule has 0 saturated heterocycles. The number of benzene rings is 2. The third-order valence-electron chi connectivity index (χ3n) is 3.23. The van der Waals surface area contributed by atoms with Crippen LogP contribution in [0.15, 0.2) is 53.4 Å². The fourth-order valence-electron chi connectivity index (χ4n) is 2.23. The maximum absolute atomic E-state index is 9.73. The molecule has 0 saturated carbocycles. The fraction of sp³-hybridized carbons (Fsp3) is 0.200. The molecule has 0 spiro atoms. The third-order valence-corrected chi connectivity index (χ3v) is 4.41. The molecule has 1 unspecified atom stereocenters. The summed E-state index contributed by atoms with van der Waals surface area (Å²) in [7, 11) is 0. The number of phenols is 1. The molecule has 0 fully saturated rings. The largest absolute Gasteiger partial charge is 0.508 e. The van der Waals surface area contributed by atoms with E-state index in [1.165, 1.54) is 10.5 Å². The Morgan fingerprint density at radius 3 is 2.78 bits per heavy atom. The minimum atomic E-state index is 0.365. The average molecular weight is 257 g/mol. The van der Waals surface area contributed by atoms with Crippen LogP contribution in [0, 0.1) is 0 Å². The molecule has 0 radical (unpaired) electrons. The second-order valence-electron chi connectivity index (χ2n) is 4.41. The van der Waals surface area contributed by atoms with Crippen molar-refractivity contribution in [1.82, 2.24) is 5.32 Å². The minimum absolute atomic E-state index is 0.365. The van der Waals surface area contributed by atoms with E-state index in [1.807, 2.05) is 30.0 Å². The molecule has 2 aromatic rings. The van der Waals surface area contributed by atoms with Crippen molar-refractivity contribution in [3.8, 4) is 5.75 Å². The predicted molar refractivity (Wildman–Crippen MR) is 74.9 cm³/mol. The summed E-state index contributed by atoms with van der Waals surface area (Å²) in [6, 6.07) is 16.4. The first-order valence-electron chi connectivity index (χ1n) is 6.06. The lowest BCUT2D eigenvalue weighted by Gasteiger charge is -2.13. The highest BCUT2D eigenvalue weighted by Crippen LogP contribution is 2.37. The molecule has 3 rings (SSSR count). The van der Waals surface area contributed by atoms with Crippen molar-refractivity contribution < 1.29 is 5.11 Å². The summed E-state index contributed by atoms with van der Waals surface area (Å²) in [4.78, 5) is 1.37. The zero-order valence-electron chi connectivity index (χ0n) is 9.97. The van der Waals surface area contributed by atoms with Crippen LogP contribution in [-0.2, 0) is 6.54 Å². The van der Waals surface area contributed by atoms with E-state index in [1.54, 1.807) is 6.07 Å². The van der Waals surface area contributed by atoms with E-state index < -0.39 is 0 Å². The number of phenolic OH excluding ortho intramolecular Hbond substituents is 1. The summed E-state index contributed by atoms with van der Waals surface area (Å²) < 4.78 is 0. The number of nitrogens with one attached hydrogen (secondary N) is 1. The van der Waals surface area contributed by atoms with Crippen LogP contribution in [-0.4, -0.2) is 10.9 Å². The molecule has 18 heavy (non-hydrogen) atoms. The monoisotopic (exact) mass is 257 g/mol. The molecule has 1 aliphatic rings. The summed E-state index contributed by atoms with van der Waals surface area (Å²) in [6.45, 7) is 0.701. The standard InChI is InChI=1S/C15H15NOS/c17-14-7-3-1-5-11(14)9-16-13-10-18-15-8-4-2-6-12(13)15/h1-8,13,16-17H,9-10H2. The number of fused-ring (bicyclic) bond motifs is 1. The van der Waals surface area contributed by atoms with E-state index in [0.29, 0.717) is 18.3 Å². The lowest BCUT2D eigenvalue weighted by atomic mass is 10.1. The summed E-state index contributed by atoms with van der Waals surface area (Å²) in [5.41, 5.74) is 2.32. The number of thioether (sulfide) groups is 1. The molecule has 1 aliphatic heterocycles.